The second kappa shape index (κ2) is 8.57. The van der Waals surface area contributed by atoms with Gasteiger partial charge in [-0.25, -0.2) is 0 Å². The highest BCUT2D eigenvalue weighted by Crippen LogP contribution is 2.06. The van der Waals surface area contributed by atoms with Crippen LogP contribution < -0.4 is 0 Å². The van der Waals surface area contributed by atoms with Crippen LogP contribution in [0, 0.1) is 0 Å². The van der Waals surface area contributed by atoms with Crippen LogP contribution in [0.15, 0.2) is 0 Å². The van der Waals surface area contributed by atoms with E-state index in [1.54, 1.807) is 0 Å². The molecule has 0 heterocycles. The molecule has 0 amide bonds. The number of methoxy groups -OCH3 is 1. The van der Waals surface area contributed by atoms with Crippen LogP contribution in [-0.2, 0) is 9.53 Å². The maximum Gasteiger partial charge on any atom is 0.305 e. The quantitative estimate of drug-likeness (QED) is 0.336. The van der Waals surface area contributed by atoms with Gasteiger partial charge in [-0.3, -0.25) is 4.79 Å². The maximum absolute atomic E-state index is 10.7. The largest absolute Gasteiger partial charge is 0.469 e. The predicted molar refractivity (Wildman–Crippen MR) is 50.0 cm³/mol. The number of unbranched alkanes of at least 4 members (excludes halogenated alkanes) is 5. The molecule has 0 aliphatic carbocycles. The molecule has 0 saturated heterocycles. The van der Waals surface area contributed by atoms with Crippen LogP contribution >= 0.6 is 0 Å². The Morgan fingerprint density at radius 2 is 1.67 bits per heavy atom. The first kappa shape index (κ1) is 11.5. The minimum absolute atomic E-state index is 0.0782. The Labute approximate surface area is 75.3 Å². The third kappa shape index (κ3) is 7.58. The maximum atomic E-state index is 10.7. The highest BCUT2D eigenvalue weighted by molar-refractivity contribution is 5.68. The molecular weight excluding hydrogens is 153 g/mol. The average Bonchev–Trinajstić information content (AvgIpc) is 2.10. The molecule has 0 bridgehead atoms. The second-order valence-electron chi connectivity index (χ2n) is 3.09. The van der Waals surface area contributed by atoms with Crippen molar-refractivity contribution in [2.24, 2.45) is 0 Å². The van der Waals surface area contributed by atoms with Gasteiger partial charge in [-0.1, -0.05) is 39.0 Å². The van der Waals surface area contributed by atoms with E-state index < -0.39 is 0 Å². The van der Waals surface area contributed by atoms with Crippen molar-refractivity contribution in [1.82, 2.24) is 0 Å². The molecule has 0 N–H and O–H groups in total. The van der Waals surface area contributed by atoms with Gasteiger partial charge in [0.25, 0.3) is 0 Å². The Balaban J connectivity index is 2.95. The molecule has 0 aromatic carbocycles. The molecule has 0 aliphatic rings. The number of hydrogen-bond acceptors (Lipinski definition) is 2. The summed E-state index contributed by atoms with van der Waals surface area (Å²) in [5, 5.41) is 0. The fraction of sp³-hybridized carbons (Fsp3) is 0.900. The molecule has 0 spiro atoms. The summed E-state index contributed by atoms with van der Waals surface area (Å²) in [7, 11) is 1.44. The predicted octanol–water partition coefficient (Wildman–Crippen LogP) is 2.91. The van der Waals surface area contributed by atoms with Gasteiger partial charge in [0.2, 0.25) is 0 Å². The third-order valence-corrected chi connectivity index (χ3v) is 1.96. The molecule has 0 unspecified atom stereocenters. The number of rotatable bonds is 7. The van der Waals surface area contributed by atoms with Crippen molar-refractivity contribution in [1.29, 1.82) is 0 Å². The van der Waals surface area contributed by atoms with Crippen molar-refractivity contribution in [3.63, 3.8) is 0 Å². The van der Waals surface area contributed by atoms with Gasteiger partial charge in [-0.05, 0) is 6.42 Å². The van der Waals surface area contributed by atoms with Gasteiger partial charge in [0.1, 0.15) is 0 Å². The van der Waals surface area contributed by atoms with E-state index in [4.69, 9.17) is 0 Å². The Bertz CT molecular complexity index is 110. The van der Waals surface area contributed by atoms with E-state index in [0.29, 0.717) is 6.42 Å². The van der Waals surface area contributed by atoms with Crippen LogP contribution in [0.1, 0.15) is 51.9 Å². The summed E-state index contributed by atoms with van der Waals surface area (Å²) < 4.78 is 4.54. The molecule has 2 heteroatoms. The number of ether oxygens (including phenoxy) is 1. The van der Waals surface area contributed by atoms with Gasteiger partial charge >= 0.3 is 5.97 Å². The Hall–Kier alpha value is -0.530. The van der Waals surface area contributed by atoms with E-state index in [-0.39, 0.29) is 5.97 Å². The number of hydrogen-bond donors (Lipinski definition) is 0. The van der Waals surface area contributed by atoms with Gasteiger partial charge in [-0.2, -0.15) is 0 Å². The zero-order valence-corrected chi connectivity index (χ0v) is 8.27. The smallest absolute Gasteiger partial charge is 0.305 e. The van der Waals surface area contributed by atoms with Gasteiger partial charge in [0.15, 0.2) is 0 Å². The van der Waals surface area contributed by atoms with Crippen molar-refractivity contribution in [3.05, 3.63) is 0 Å². The molecule has 72 valence electrons. The summed E-state index contributed by atoms with van der Waals surface area (Å²) in [6, 6.07) is 0. The van der Waals surface area contributed by atoms with Crippen LogP contribution in [0.3, 0.4) is 0 Å². The van der Waals surface area contributed by atoms with Crippen LogP contribution in [0.2, 0.25) is 0 Å². The van der Waals surface area contributed by atoms with Crippen molar-refractivity contribution in [2.45, 2.75) is 51.9 Å². The minimum atomic E-state index is -0.0782. The second-order valence-corrected chi connectivity index (χ2v) is 3.09. The molecule has 0 rings (SSSR count). The van der Waals surface area contributed by atoms with Crippen LogP contribution in [0.25, 0.3) is 0 Å². The van der Waals surface area contributed by atoms with Crippen molar-refractivity contribution in [3.8, 4) is 0 Å². The molecule has 0 aromatic rings. The van der Waals surface area contributed by atoms with Crippen molar-refractivity contribution in [2.75, 3.05) is 7.11 Å². The van der Waals surface area contributed by atoms with Gasteiger partial charge in [-0.15, -0.1) is 0 Å². The van der Waals surface area contributed by atoms with E-state index in [1.165, 1.54) is 32.8 Å². The SMILES string of the molecule is CCCCCCCC[13C](=O)OC. The van der Waals surface area contributed by atoms with Crippen molar-refractivity contribution >= 4 is 5.97 Å². The van der Waals surface area contributed by atoms with E-state index in [9.17, 15) is 4.79 Å². The molecular formula is C10H20O2. The standard InChI is InChI=1S/C10H20O2/c1-3-4-5-6-7-8-9-10(11)12-2/h3-9H2,1-2H3/i10+1. The van der Waals surface area contributed by atoms with Crippen LogP contribution in [0.5, 0.6) is 0 Å². The Morgan fingerprint density at radius 1 is 1.08 bits per heavy atom. The lowest BCUT2D eigenvalue weighted by molar-refractivity contribution is -0.140. The molecule has 0 saturated carbocycles. The summed E-state index contributed by atoms with van der Waals surface area (Å²) in [4.78, 5) is 10.7. The number of carbonyl (C=O) groups excluding carboxylic acids is 1. The third-order valence-electron chi connectivity index (χ3n) is 1.96. The zero-order chi connectivity index (χ0) is 9.23. The minimum Gasteiger partial charge on any atom is -0.469 e. The highest BCUT2D eigenvalue weighted by atomic mass is 16.6. The Morgan fingerprint density at radius 3 is 2.25 bits per heavy atom. The summed E-state index contributed by atoms with van der Waals surface area (Å²) in [5.41, 5.74) is 0. The average molecular weight is 173 g/mol. The topological polar surface area (TPSA) is 26.3 Å². The summed E-state index contributed by atoms with van der Waals surface area (Å²) in [6.07, 6.45) is 7.88. The molecule has 0 aliphatic heterocycles. The highest BCUT2D eigenvalue weighted by Gasteiger charge is 1.98. The van der Waals surface area contributed by atoms with E-state index in [1.807, 2.05) is 0 Å². The summed E-state index contributed by atoms with van der Waals surface area (Å²) >= 11 is 0. The van der Waals surface area contributed by atoms with Crippen LogP contribution in [0.4, 0.5) is 0 Å². The monoisotopic (exact) mass is 173 g/mol. The Kier molecular flexibility index (Phi) is 8.19. The fourth-order valence-corrected chi connectivity index (χ4v) is 1.15. The van der Waals surface area contributed by atoms with E-state index >= 15 is 0 Å². The van der Waals surface area contributed by atoms with E-state index in [0.717, 1.165) is 12.8 Å². The van der Waals surface area contributed by atoms with E-state index in [2.05, 4.69) is 11.7 Å². The summed E-state index contributed by atoms with van der Waals surface area (Å²) in [5.74, 6) is -0.0782. The lowest BCUT2D eigenvalue weighted by Gasteiger charge is -1.99. The normalized spacial score (nSPS) is 9.83. The van der Waals surface area contributed by atoms with Gasteiger partial charge < -0.3 is 4.74 Å². The van der Waals surface area contributed by atoms with Crippen LogP contribution in [-0.4, -0.2) is 13.1 Å². The molecule has 0 radical (unpaired) electrons. The molecule has 12 heavy (non-hydrogen) atoms. The molecule has 0 aromatic heterocycles. The molecule has 0 fully saturated rings. The van der Waals surface area contributed by atoms with Gasteiger partial charge in [0.05, 0.1) is 7.11 Å². The first-order chi connectivity index (χ1) is 5.81. The van der Waals surface area contributed by atoms with Gasteiger partial charge in [0, 0.05) is 6.42 Å². The first-order valence-electron chi connectivity index (χ1n) is 4.88. The lowest BCUT2D eigenvalue weighted by Crippen LogP contribution is -1.98. The fourth-order valence-electron chi connectivity index (χ4n) is 1.15. The molecule has 0 atom stereocenters. The van der Waals surface area contributed by atoms with Crippen molar-refractivity contribution < 1.29 is 9.53 Å². The number of esters is 1. The zero-order valence-electron chi connectivity index (χ0n) is 8.27. The number of carbonyl (C=O) groups is 1. The molecule has 2 nitrogen and oxygen atoms in total. The lowest BCUT2D eigenvalue weighted by atomic mass is 10.1. The first-order valence-corrected chi connectivity index (χ1v) is 4.88. The summed E-state index contributed by atoms with van der Waals surface area (Å²) in [6.45, 7) is 2.20.